The van der Waals surface area contributed by atoms with E-state index in [0.717, 1.165) is 38.2 Å². The second-order valence-electron chi connectivity index (χ2n) is 12.3. The molecule has 0 N–H and O–H groups in total. The number of hydrogen-bond donors (Lipinski definition) is 0. The summed E-state index contributed by atoms with van der Waals surface area (Å²) in [5.74, 6) is 4.92. The molecule has 6 heteroatoms. The van der Waals surface area contributed by atoms with Gasteiger partial charge in [0, 0.05) is 11.1 Å². The van der Waals surface area contributed by atoms with Gasteiger partial charge < -0.3 is 14.2 Å². The average Bonchev–Trinajstić information content (AvgIpc) is 3.07. The highest BCUT2D eigenvalue weighted by atomic mass is 19.1. The van der Waals surface area contributed by atoms with Gasteiger partial charge in [-0.15, -0.1) is 0 Å². The van der Waals surface area contributed by atoms with Crippen molar-refractivity contribution in [2.75, 3.05) is 6.61 Å². The molecule has 0 aliphatic heterocycles. The zero-order valence-corrected chi connectivity index (χ0v) is 28.6. The number of carbonyl (C=O) groups is 1. The third-order valence-electron chi connectivity index (χ3n) is 8.06. The van der Waals surface area contributed by atoms with Gasteiger partial charge in [-0.25, -0.2) is 13.6 Å². The van der Waals surface area contributed by atoms with Crippen molar-refractivity contribution >= 4 is 5.97 Å². The van der Waals surface area contributed by atoms with Crippen LogP contribution in [0.1, 0.15) is 139 Å². The van der Waals surface area contributed by atoms with E-state index in [9.17, 15) is 13.6 Å². The van der Waals surface area contributed by atoms with Crippen molar-refractivity contribution in [3.8, 4) is 29.1 Å². The van der Waals surface area contributed by atoms with Crippen LogP contribution in [0.2, 0.25) is 0 Å². The largest absolute Gasteiger partial charge is 0.491 e. The molecule has 3 rings (SSSR count). The van der Waals surface area contributed by atoms with Crippen LogP contribution in [0.4, 0.5) is 8.78 Å². The maximum Gasteiger partial charge on any atom is 0.343 e. The lowest BCUT2D eigenvalue weighted by Crippen LogP contribution is -2.12. The highest BCUT2D eigenvalue weighted by molar-refractivity contribution is 5.91. The Balaban J connectivity index is 1.41. The maximum atomic E-state index is 14.6. The maximum absolute atomic E-state index is 14.6. The second-order valence-corrected chi connectivity index (χ2v) is 12.3. The van der Waals surface area contributed by atoms with Crippen LogP contribution >= 0.6 is 0 Å². The van der Waals surface area contributed by atoms with Gasteiger partial charge in [-0.2, -0.15) is 0 Å². The SMILES string of the molecule is CCCCCCCCCCCCOc1ccc(C(=O)Oc2ccc(C#Cc3ccc(O[C@H](C)CCCCCC)c(F)c3)cc2)cc1F. The van der Waals surface area contributed by atoms with Crippen molar-refractivity contribution in [2.24, 2.45) is 0 Å². The van der Waals surface area contributed by atoms with Crippen LogP contribution < -0.4 is 14.2 Å². The Bertz CT molecular complexity index is 1410. The Morgan fingerprint density at radius 2 is 1.21 bits per heavy atom. The molecule has 4 nitrogen and oxygen atoms in total. The molecule has 0 saturated heterocycles. The first kappa shape index (κ1) is 37.6. The third kappa shape index (κ3) is 14.6. The van der Waals surface area contributed by atoms with E-state index in [-0.39, 0.29) is 23.2 Å². The Morgan fingerprint density at radius 1 is 0.660 bits per heavy atom. The molecule has 0 radical (unpaired) electrons. The van der Waals surface area contributed by atoms with Gasteiger partial charge in [-0.3, -0.25) is 0 Å². The normalized spacial score (nSPS) is 11.4. The fraction of sp³-hybridized carbons (Fsp3) is 0.488. The van der Waals surface area contributed by atoms with Gasteiger partial charge in [-0.05, 0) is 86.8 Å². The van der Waals surface area contributed by atoms with Crippen LogP contribution in [0.25, 0.3) is 0 Å². The number of esters is 1. The quantitative estimate of drug-likeness (QED) is 0.0500. The summed E-state index contributed by atoms with van der Waals surface area (Å²) in [5, 5.41) is 0. The van der Waals surface area contributed by atoms with Gasteiger partial charge in [0.1, 0.15) is 5.75 Å². The van der Waals surface area contributed by atoms with Crippen LogP contribution in [-0.2, 0) is 0 Å². The molecule has 0 unspecified atom stereocenters. The molecule has 0 aliphatic carbocycles. The molecule has 47 heavy (non-hydrogen) atoms. The summed E-state index contributed by atoms with van der Waals surface area (Å²) in [4.78, 5) is 12.6. The molecule has 0 aromatic heterocycles. The highest BCUT2D eigenvalue weighted by Gasteiger charge is 2.13. The van der Waals surface area contributed by atoms with E-state index in [1.165, 1.54) is 82.4 Å². The van der Waals surface area contributed by atoms with E-state index in [2.05, 4.69) is 25.7 Å². The lowest BCUT2D eigenvalue weighted by atomic mass is 10.1. The Hall–Kier alpha value is -3.85. The number of unbranched alkanes of at least 4 members (excludes halogenated alkanes) is 12. The highest BCUT2D eigenvalue weighted by Crippen LogP contribution is 2.23. The number of hydrogen-bond acceptors (Lipinski definition) is 4. The van der Waals surface area contributed by atoms with E-state index < -0.39 is 17.6 Å². The van der Waals surface area contributed by atoms with Crippen molar-refractivity contribution < 1.29 is 27.8 Å². The van der Waals surface area contributed by atoms with Crippen LogP contribution in [0.3, 0.4) is 0 Å². The molecular formula is C41H52F2O4. The summed E-state index contributed by atoms with van der Waals surface area (Å²) >= 11 is 0. The van der Waals surface area contributed by atoms with Crippen molar-refractivity contribution in [3.05, 3.63) is 89.0 Å². The topological polar surface area (TPSA) is 44.8 Å². The molecule has 0 spiro atoms. The Kier molecular flexibility index (Phi) is 17.5. The molecular weight excluding hydrogens is 594 g/mol. The predicted molar refractivity (Wildman–Crippen MR) is 186 cm³/mol. The van der Waals surface area contributed by atoms with E-state index >= 15 is 0 Å². The molecule has 0 fully saturated rings. The third-order valence-corrected chi connectivity index (χ3v) is 8.06. The zero-order valence-electron chi connectivity index (χ0n) is 28.6. The first-order chi connectivity index (χ1) is 22.9. The fourth-order valence-corrected chi connectivity index (χ4v) is 5.24. The average molecular weight is 647 g/mol. The molecule has 3 aromatic carbocycles. The number of benzene rings is 3. The van der Waals surface area contributed by atoms with Crippen molar-refractivity contribution in [2.45, 2.75) is 123 Å². The summed E-state index contributed by atoms with van der Waals surface area (Å²) in [5.41, 5.74) is 1.29. The van der Waals surface area contributed by atoms with E-state index in [0.29, 0.717) is 23.5 Å². The zero-order chi connectivity index (χ0) is 33.7. The Morgan fingerprint density at radius 3 is 1.85 bits per heavy atom. The van der Waals surface area contributed by atoms with Crippen molar-refractivity contribution in [1.82, 2.24) is 0 Å². The summed E-state index contributed by atoms with van der Waals surface area (Å²) in [6, 6.07) is 15.5. The van der Waals surface area contributed by atoms with Crippen LogP contribution in [-0.4, -0.2) is 18.7 Å². The van der Waals surface area contributed by atoms with Gasteiger partial charge in [0.15, 0.2) is 23.1 Å². The van der Waals surface area contributed by atoms with Gasteiger partial charge in [0.25, 0.3) is 0 Å². The minimum atomic E-state index is -0.669. The van der Waals surface area contributed by atoms with Gasteiger partial charge in [-0.1, -0.05) is 103 Å². The van der Waals surface area contributed by atoms with E-state index in [1.807, 2.05) is 6.92 Å². The predicted octanol–water partition coefficient (Wildman–Crippen LogP) is 11.6. The molecule has 1 atom stereocenters. The van der Waals surface area contributed by atoms with Crippen molar-refractivity contribution in [1.29, 1.82) is 0 Å². The first-order valence-electron chi connectivity index (χ1n) is 17.6. The summed E-state index contributed by atoms with van der Waals surface area (Å²) in [7, 11) is 0. The molecule has 0 bridgehead atoms. The van der Waals surface area contributed by atoms with Gasteiger partial charge in [0.05, 0.1) is 18.3 Å². The lowest BCUT2D eigenvalue weighted by Gasteiger charge is -2.15. The number of ether oxygens (including phenoxy) is 3. The van der Waals surface area contributed by atoms with Gasteiger partial charge in [0.2, 0.25) is 0 Å². The minimum absolute atomic E-state index is 0.0534. The first-order valence-corrected chi connectivity index (χ1v) is 17.6. The van der Waals surface area contributed by atoms with Crippen LogP contribution in [0.15, 0.2) is 60.7 Å². The van der Waals surface area contributed by atoms with E-state index in [1.54, 1.807) is 36.4 Å². The van der Waals surface area contributed by atoms with Crippen LogP contribution in [0.5, 0.6) is 17.2 Å². The minimum Gasteiger partial charge on any atom is -0.491 e. The van der Waals surface area contributed by atoms with E-state index in [4.69, 9.17) is 14.2 Å². The van der Waals surface area contributed by atoms with Crippen molar-refractivity contribution in [3.63, 3.8) is 0 Å². The number of halogens is 2. The lowest BCUT2D eigenvalue weighted by molar-refractivity contribution is 0.0734. The Labute approximate surface area is 281 Å². The molecule has 0 heterocycles. The van der Waals surface area contributed by atoms with Crippen LogP contribution in [0, 0.1) is 23.5 Å². The fourth-order valence-electron chi connectivity index (χ4n) is 5.24. The number of rotatable bonds is 21. The molecule has 0 saturated carbocycles. The standard InChI is InChI=1S/C41H52F2O4/c1-4-6-8-10-11-12-13-14-15-17-29-45-39-28-24-35(31-38(39)43)41(44)47-36-25-21-33(22-26-36)19-20-34-23-27-40(37(42)30-34)46-32(3)18-16-9-7-5-2/h21-28,30-32H,4-18,29H2,1-3H3/t32-/m1/s1. The smallest absolute Gasteiger partial charge is 0.343 e. The molecule has 0 amide bonds. The molecule has 0 aliphatic rings. The summed E-state index contributed by atoms with van der Waals surface area (Å²) in [6.45, 7) is 6.81. The van der Waals surface area contributed by atoms with Gasteiger partial charge >= 0.3 is 5.97 Å². The number of carbonyl (C=O) groups excluding carboxylic acids is 1. The summed E-state index contributed by atoms with van der Waals surface area (Å²) < 4.78 is 46.1. The second kappa shape index (κ2) is 21.9. The monoisotopic (exact) mass is 646 g/mol. The molecule has 254 valence electrons. The molecule has 3 aromatic rings. The summed E-state index contributed by atoms with van der Waals surface area (Å²) in [6.07, 6.45) is 17.6.